The largest absolute Gasteiger partial charge is 0.508 e. The van der Waals surface area contributed by atoms with E-state index in [1.54, 1.807) is 18.2 Å². The smallest absolute Gasteiger partial charge is 0.348 e. The number of carbonyl (C=O) groups excluding carboxylic acids is 1. The van der Waals surface area contributed by atoms with Crippen molar-refractivity contribution in [1.29, 1.82) is 0 Å². The minimum absolute atomic E-state index is 0.0628. The topological polar surface area (TPSA) is 107 Å². The van der Waals surface area contributed by atoms with E-state index in [1.807, 2.05) is 39.8 Å². The third kappa shape index (κ3) is 5.47. The summed E-state index contributed by atoms with van der Waals surface area (Å²) in [5.74, 6) is -1.58. The molecule has 2 aromatic rings. The minimum atomic E-state index is -0.809. The maximum Gasteiger partial charge on any atom is 0.348 e. The lowest BCUT2D eigenvalue weighted by Crippen LogP contribution is -2.00. The fourth-order valence-corrected chi connectivity index (χ4v) is 3.38. The summed E-state index contributed by atoms with van der Waals surface area (Å²) in [6.45, 7) is 7.78. The second-order valence-electron chi connectivity index (χ2n) is 8.48. The lowest BCUT2D eigenvalue weighted by Gasteiger charge is -2.09. The molecule has 0 aliphatic carbocycles. The summed E-state index contributed by atoms with van der Waals surface area (Å²) in [7, 11) is 0. The highest BCUT2D eigenvalue weighted by Gasteiger charge is 2.33. The van der Waals surface area contributed by atoms with Crippen molar-refractivity contribution in [3.63, 3.8) is 0 Å². The van der Waals surface area contributed by atoms with Gasteiger partial charge in [-0.15, -0.1) is 0 Å². The summed E-state index contributed by atoms with van der Waals surface area (Å²) in [6, 6.07) is 7.55. The van der Waals surface area contributed by atoms with Crippen LogP contribution in [0.2, 0.25) is 0 Å². The van der Waals surface area contributed by atoms with Crippen molar-refractivity contribution < 1.29 is 30.0 Å². The van der Waals surface area contributed by atoms with Crippen LogP contribution in [0.25, 0.3) is 11.6 Å². The predicted octanol–water partition coefficient (Wildman–Crippen LogP) is 5.69. The number of aliphatic hydroxyl groups is 1. The van der Waals surface area contributed by atoms with E-state index < -0.39 is 11.7 Å². The highest BCUT2D eigenvalue weighted by atomic mass is 16.6. The fraction of sp³-hybridized carbons (Fsp3) is 0.222. The van der Waals surface area contributed by atoms with E-state index in [1.165, 1.54) is 12.1 Å². The van der Waals surface area contributed by atoms with E-state index in [4.69, 9.17) is 4.74 Å². The molecule has 0 atom stereocenters. The molecule has 0 fully saturated rings. The number of phenolic OH excluding ortho intramolecular Hbond substituents is 3. The number of benzene rings is 2. The van der Waals surface area contributed by atoms with Crippen LogP contribution in [0.15, 0.2) is 65.1 Å². The molecule has 0 unspecified atom stereocenters. The van der Waals surface area contributed by atoms with Gasteiger partial charge in [-0.3, -0.25) is 0 Å². The molecule has 33 heavy (non-hydrogen) atoms. The molecule has 0 radical (unpaired) electrons. The molecule has 2 aromatic carbocycles. The summed E-state index contributed by atoms with van der Waals surface area (Å²) in [5.41, 5.74) is 3.88. The molecular weight excluding hydrogens is 420 g/mol. The van der Waals surface area contributed by atoms with E-state index in [0.717, 1.165) is 17.2 Å². The molecule has 1 aliphatic rings. The third-order valence-corrected chi connectivity index (χ3v) is 5.21. The zero-order chi connectivity index (χ0) is 24.3. The second-order valence-corrected chi connectivity index (χ2v) is 8.48. The van der Waals surface area contributed by atoms with E-state index in [2.05, 4.69) is 0 Å². The quantitative estimate of drug-likeness (QED) is 0.334. The van der Waals surface area contributed by atoms with Gasteiger partial charge >= 0.3 is 5.97 Å². The number of hydrogen-bond acceptors (Lipinski definition) is 6. The number of aliphatic hydroxyl groups excluding tert-OH is 1. The molecule has 1 aliphatic heterocycles. The summed E-state index contributed by atoms with van der Waals surface area (Å²) >= 11 is 0. The summed E-state index contributed by atoms with van der Waals surface area (Å²) in [5, 5.41) is 41.4. The van der Waals surface area contributed by atoms with Gasteiger partial charge in [0.25, 0.3) is 0 Å². The maximum atomic E-state index is 12.6. The maximum absolute atomic E-state index is 12.6. The lowest BCUT2D eigenvalue weighted by molar-refractivity contribution is -0.131. The number of cyclic esters (lactones) is 1. The van der Waals surface area contributed by atoms with E-state index in [0.29, 0.717) is 29.5 Å². The van der Waals surface area contributed by atoms with Gasteiger partial charge < -0.3 is 25.2 Å². The number of aromatic hydroxyl groups is 3. The van der Waals surface area contributed by atoms with Crippen molar-refractivity contribution in [1.82, 2.24) is 0 Å². The number of phenols is 3. The second kappa shape index (κ2) is 9.69. The number of esters is 1. The summed E-state index contributed by atoms with van der Waals surface area (Å²) in [4.78, 5) is 12.6. The van der Waals surface area contributed by atoms with Crippen molar-refractivity contribution in [2.75, 3.05) is 0 Å². The van der Waals surface area contributed by atoms with Gasteiger partial charge in [0.1, 0.15) is 22.8 Å². The van der Waals surface area contributed by atoms with Gasteiger partial charge in [-0.2, -0.15) is 0 Å². The van der Waals surface area contributed by atoms with Gasteiger partial charge in [-0.25, -0.2) is 4.79 Å². The number of ether oxygens (including phenoxy) is 1. The van der Waals surface area contributed by atoms with Crippen molar-refractivity contribution in [2.24, 2.45) is 0 Å². The molecule has 3 rings (SSSR count). The Balaban J connectivity index is 2.02. The van der Waals surface area contributed by atoms with Crippen LogP contribution in [-0.2, 0) is 22.4 Å². The summed E-state index contributed by atoms with van der Waals surface area (Å²) in [6.07, 6.45) is 6.31. The van der Waals surface area contributed by atoms with Crippen molar-refractivity contribution in [3.8, 4) is 17.2 Å². The Morgan fingerprint density at radius 2 is 1.42 bits per heavy atom. The SMILES string of the molecule is CC(C)=CCc1cc(C=C2OC(=O)C(c3cc(CC=C(C)C)c(O)cc3O)=C2O)ccc1O. The van der Waals surface area contributed by atoms with Crippen LogP contribution in [0.3, 0.4) is 0 Å². The fourth-order valence-electron chi connectivity index (χ4n) is 3.38. The van der Waals surface area contributed by atoms with Crippen molar-refractivity contribution in [2.45, 2.75) is 40.5 Å². The van der Waals surface area contributed by atoms with Crippen LogP contribution in [0.1, 0.15) is 49.9 Å². The average molecular weight is 449 g/mol. The van der Waals surface area contributed by atoms with E-state index >= 15 is 0 Å². The molecule has 4 N–H and O–H groups in total. The average Bonchev–Trinajstić information content (AvgIpc) is 3.00. The molecule has 0 bridgehead atoms. The van der Waals surface area contributed by atoms with Gasteiger partial charge in [-0.1, -0.05) is 29.4 Å². The van der Waals surface area contributed by atoms with Gasteiger partial charge in [0, 0.05) is 11.6 Å². The standard InChI is InChI=1S/C27H28O6/c1-15(2)5-8-18-11-17(7-10-21(18)28)12-24-26(31)25(27(32)33-24)20-13-19(9-6-16(3)4)22(29)14-23(20)30/h5-7,10-14,28-31H,8-9H2,1-4H3. The Kier molecular flexibility index (Phi) is 6.97. The first-order chi connectivity index (χ1) is 15.6. The van der Waals surface area contributed by atoms with Crippen LogP contribution in [0, 0.1) is 0 Å². The lowest BCUT2D eigenvalue weighted by atomic mass is 9.98. The normalized spacial score (nSPS) is 14.4. The zero-order valence-corrected chi connectivity index (χ0v) is 19.1. The van der Waals surface area contributed by atoms with Crippen LogP contribution >= 0.6 is 0 Å². The van der Waals surface area contributed by atoms with Gasteiger partial charge in [0.2, 0.25) is 0 Å². The molecule has 6 nitrogen and oxygen atoms in total. The first kappa shape index (κ1) is 23.7. The monoisotopic (exact) mass is 448 g/mol. The molecular formula is C27H28O6. The number of carbonyl (C=O) groups is 1. The number of allylic oxidation sites excluding steroid dienone is 4. The molecule has 0 amide bonds. The van der Waals surface area contributed by atoms with Crippen LogP contribution in [0.4, 0.5) is 0 Å². The predicted molar refractivity (Wildman–Crippen MR) is 128 cm³/mol. The van der Waals surface area contributed by atoms with Crippen LogP contribution in [0.5, 0.6) is 17.2 Å². The molecule has 6 heteroatoms. The van der Waals surface area contributed by atoms with Crippen molar-refractivity contribution in [3.05, 3.63) is 87.4 Å². The zero-order valence-electron chi connectivity index (χ0n) is 19.1. The first-order valence-electron chi connectivity index (χ1n) is 10.6. The number of rotatable bonds is 6. The number of hydrogen-bond donors (Lipinski definition) is 4. The molecule has 172 valence electrons. The summed E-state index contributed by atoms with van der Waals surface area (Å²) < 4.78 is 5.27. The molecule has 1 heterocycles. The van der Waals surface area contributed by atoms with Gasteiger partial charge in [-0.05, 0) is 81.5 Å². The Hall–Kier alpha value is -3.93. The van der Waals surface area contributed by atoms with E-state index in [-0.39, 0.29) is 34.1 Å². The highest BCUT2D eigenvalue weighted by molar-refractivity contribution is 6.21. The van der Waals surface area contributed by atoms with Crippen LogP contribution < -0.4 is 0 Å². The molecule has 0 saturated heterocycles. The minimum Gasteiger partial charge on any atom is -0.508 e. The third-order valence-electron chi connectivity index (χ3n) is 5.21. The van der Waals surface area contributed by atoms with Gasteiger partial charge in [0.05, 0.1) is 0 Å². The first-order valence-corrected chi connectivity index (χ1v) is 10.6. The van der Waals surface area contributed by atoms with Gasteiger partial charge in [0.15, 0.2) is 11.5 Å². The highest BCUT2D eigenvalue weighted by Crippen LogP contribution is 2.39. The Morgan fingerprint density at radius 1 is 0.818 bits per heavy atom. The molecule has 0 spiro atoms. The van der Waals surface area contributed by atoms with E-state index in [9.17, 15) is 25.2 Å². The molecule has 0 saturated carbocycles. The van der Waals surface area contributed by atoms with Crippen molar-refractivity contribution >= 4 is 17.6 Å². The molecule has 0 aromatic heterocycles. The Morgan fingerprint density at radius 3 is 2.03 bits per heavy atom. The van der Waals surface area contributed by atoms with Crippen LogP contribution in [-0.4, -0.2) is 26.4 Å². The Bertz CT molecular complexity index is 1220. The Labute approximate surface area is 193 Å².